The molecule has 1 amide bonds. The second kappa shape index (κ2) is 4.25. The van der Waals surface area contributed by atoms with Crippen molar-refractivity contribution in [2.24, 2.45) is 0 Å². The third kappa shape index (κ3) is 2.94. The van der Waals surface area contributed by atoms with E-state index in [1.165, 1.54) is 6.92 Å². The number of ether oxygens (including phenoxy) is 1. The van der Waals surface area contributed by atoms with E-state index >= 15 is 0 Å². The number of benzene rings is 1. The third-order valence-electron chi connectivity index (χ3n) is 1.34. The van der Waals surface area contributed by atoms with Gasteiger partial charge >= 0.3 is 5.97 Å². The van der Waals surface area contributed by atoms with Gasteiger partial charge in [-0.2, -0.15) is 0 Å². The minimum absolute atomic E-state index is 0.365. The van der Waals surface area contributed by atoms with Crippen LogP contribution in [0.3, 0.4) is 0 Å². The zero-order valence-electron chi connectivity index (χ0n) is 7.11. The van der Waals surface area contributed by atoms with Crippen LogP contribution in [0.2, 0.25) is 0 Å². The first kappa shape index (κ1) is 9.25. The summed E-state index contributed by atoms with van der Waals surface area (Å²) >= 11 is 0. The SMILES string of the molecule is CC(=O)Oc1ccc(NC=O)cc1. The summed E-state index contributed by atoms with van der Waals surface area (Å²) in [5.74, 6) is 0.0973. The van der Waals surface area contributed by atoms with Gasteiger partial charge in [-0.05, 0) is 24.3 Å². The first-order chi connectivity index (χ1) is 6.22. The zero-order chi connectivity index (χ0) is 9.68. The van der Waals surface area contributed by atoms with Crippen molar-refractivity contribution in [3.63, 3.8) is 0 Å². The van der Waals surface area contributed by atoms with Crippen LogP contribution in [-0.2, 0) is 9.59 Å². The first-order valence-corrected chi connectivity index (χ1v) is 3.71. The molecule has 0 unspecified atom stereocenters. The van der Waals surface area contributed by atoms with Crippen molar-refractivity contribution in [2.45, 2.75) is 6.92 Å². The fraction of sp³-hybridized carbons (Fsp3) is 0.111. The molecule has 0 saturated heterocycles. The highest BCUT2D eigenvalue weighted by Gasteiger charge is 1.96. The molecule has 1 aromatic rings. The van der Waals surface area contributed by atoms with Crippen molar-refractivity contribution in [1.82, 2.24) is 0 Å². The maximum atomic E-state index is 10.5. The average molecular weight is 179 g/mol. The summed E-state index contributed by atoms with van der Waals surface area (Å²) in [6.07, 6.45) is 0.584. The number of nitrogens with one attached hydrogen (secondary N) is 1. The quantitative estimate of drug-likeness (QED) is 0.430. The number of hydrogen-bond acceptors (Lipinski definition) is 3. The van der Waals surface area contributed by atoms with Gasteiger partial charge in [-0.1, -0.05) is 0 Å². The van der Waals surface area contributed by atoms with E-state index in [4.69, 9.17) is 4.74 Å². The standard InChI is InChI=1S/C9H9NO3/c1-7(12)13-9-4-2-8(3-5-9)10-6-11/h2-6H,1H3,(H,10,11). The highest BCUT2D eigenvalue weighted by molar-refractivity contribution is 5.72. The summed E-state index contributed by atoms with van der Waals surface area (Å²) in [7, 11) is 0. The van der Waals surface area contributed by atoms with Gasteiger partial charge in [0, 0.05) is 12.6 Å². The van der Waals surface area contributed by atoms with Gasteiger partial charge in [0.05, 0.1) is 0 Å². The van der Waals surface area contributed by atoms with Crippen LogP contribution in [0.4, 0.5) is 5.69 Å². The summed E-state index contributed by atoms with van der Waals surface area (Å²) in [5, 5.41) is 2.47. The molecule has 0 bridgehead atoms. The van der Waals surface area contributed by atoms with E-state index in [1.54, 1.807) is 24.3 Å². The van der Waals surface area contributed by atoms with Crippen LogP contribution < -0.4 is 10.1 Å². The average Bonchev–Trinajstić information content (AvgIpc) is 2.08. The van der Waals surface area contributed by atoms with Crippen molar-refractivity contribution in [1.29, 1.82) is 0 Å². The molecule has 1 aromatic carbocycles. The summed E-state index contributed by atoms with van der Waals surface area (Å²) in [6, 6.07) is 6.50. The van der Waals surface area contributed by atoms with Gasteiger partial charge in [0.1, 0.15) is 5.75 Å². The van der Waals surface area contributed by atoms with Crippen LogP contribution in [0.1, 0.15) is 6.92 Å². The molecule has 0 saturated carbocycles. The van der Waals surface area contributed by atoms with E-state index in [1.807, 2.05) is 0 Å². The van der Waals surface area contributed by atoms with E-state index in [9.17, 15) is 9.59 Å². The van der Waals surface area contributed by atoms with E-state index in [0.29, 0.717) is 17.8 Å². The zero-order valence-corrected chi connectivity index (χ0v) is 7.11. The molecule has 0 heterocycles. The molecule has 4 heteroatoms. The van der Waals surface area contributed by atoms with Crippen LogP contribution >= 0.6 is 0 Å². The molecule has 0 radical (unpaired) electrons. The van der Waals surface area contributed by atoms with Crippen LogP contribution in [0.5, 0.6) is 5.75 Å². The lowest BCUT2D eigenvalue weighted by molar-refractivity contribution is -0.131. The molecule has 1 N–H and O–H groups in total. The van der Waals surface area contributed by atoms with Gasteiger partial charge in [0.15, 0.2) is 0 Å². The molecule has 0 fully saturated rings. The van der Waals surface area contributed by atoms with E-state index in [2.05, 4.69) is 5.32 Å². The van der Waals surface area contributed by atoms with Crippen molar-refractivity contribution in [2.75, 3.05) is 5.32 Å². The second-order valence-corrected chi connectivity index (χ2v) is 2.38. The number of rotatable bonds is 3. The minimum atomic E-state index is -0.365. The highest BCUT2D eigenvalue weighted by atomic mass is 16.5. The molecule has 1 rings (SSSR count). The molecule has 68 valence electrons. The first-order valence-electron chi connectivity index (χ1n) is 3.71. The number of carbonyl (C=O) groups is 2. The summed E-state index contributed by atoms with van der Waals surface area (Å²) < 4.78 is 4.79. The Hall–Kier alpha value is -1.84. The van der Waals surface area contributed by atoms with E-state index < -0.39 is 0 Å². The number of anilines is 1. The number of amides is 1. The van der Waals surface area contributed by atoms with E-state index in [-0.39, 0.29) is 5.97 Å². The van der Waals surface area contributed by atoms with Crippen molar-refractivity contribution < 1.29 is 14.3 Å². The van der Waals surface area contributed by atoms with Crippen molar-refractivity contribution in [3.05, 3.63) is 24.3 Å². The van der Waals surface area contributed by atoms with Gasteiger partial charge in [0.25, 0.3) is 0 Å². The Labute approximate surface area is 75.5 Å². The van der Waals surface area contributed by atoms with Crippen LogP contribution in [0.15, 0.2) is 24.3 Å². The molecule has 0 aliphatic rings. The molecule has 4 nitrogen and oxygen atoms in total. The van der Waals surface area contributed by atoms with Crippen LogP contribution in [-0.4, -0.2) is 12.4 Å². The smallest absolute Gasteiger partial charge is 0.308 e. The van der Waals surface area contributed by atoms with Gasteiger partial charge in [0.2, 0.25) is 6.41 Å². The molecule has 0 spiro atoms. The molecule has 0 aliphatic heterocycles. The predicted octanol–water partition coefficient (Wildman–Crippen LogP) is 1.18. The number of carbonyl (C=O) groups excluding carboxylic acids is 2. The molecule has 0 atom stereocenters. The lowest BCUT2D eigenvalue weighted by Gasteiger charge is -2.01. The topological polar surface area (TPSA) is 55.4 Å². The molecule has 13 heavy (non-hydrogen) atoms. The predicted molar refractivity (Wildman–Crippen MR) is 47.4 cm³/mol. The summed E-state index contributed by atoms with van der Waals surface area (Å²) in [5.41, 5.74) is 0.658. The van der Waals surface area contributed by atoms with Crippen molar-refractivity contribution in [3.8, 4) is 5.75 Å². The molecule has 0 aromatic heterocycles. The molecule has 0 aliphatic carbocycles. The van der Waals surface area contributed by atoms with Crippen molar-refractivity contribution >= 4 is 18.1 Å². The fourth-order valence-electron chi connectivity index (χ4n) is 0.853. The maximum absolute atomic E-state index is 10.5. The van der Waals surface area contributed by atoms with Gasteiger partial charge in [-0.3, -0.25) is 9.59 Å². The molecular weight excluding hydrogens is 170 g/mol. The number of hydrogen-bond donors (Lipinski definition) is 1. The van der Waals surface area contributed by atoms with Gasteiger partial charge in [-0.15, -0.1) is 0 Å². The maximum Gasteiger partial charge on any atom is 0.308 e. The number of esters is 1. The lowest BCUT2D eigenvalue weighted by atomic mass is 10.3. The summed E-state index contributed by atoms with van der Waals surface area (Å²) in [4.78, 5) is 20.6. The Morgan fingerprint density at radius 3 is 2.46 bits per heavy atom. The molecular formula is C9H9NO3. The Balaban J connectivity index is 2.69. The fourth-order valence-corrected chi connectivity index (χ4v) is 0.853. The van der Waals surface area contributed by atoms with Gasteiger partial charge in [-0.25, -0.2) is 0 Å². The monoisotopic (exact) mass is 179 g/mol. The largest absolute Gasteiger partial charge is 0.427 e. The van der Waals surface area contributed by atoms with Gasteiger partial charge < -0.3 is 10.1 Å². The lowest BCUT2D eigenvalue weighted by Crippen LogP contribution is -2.01. The Bertz CT molecular complexity index is 305. The Kier molecular flexibility index (Phi) is 3.03. The van der Waals surface area contributed by atoms with Crippen LogP contribution in [0.25, 0.3) is 0 Å². The highest BCUT2D eigenvalue weighted by Crippen LogP contribution is 2.14. The summed E-state index contributed by atoms with van der Waals surface area (Å²) in [6.45, 7) is 1.33. The normalized spacial score (nSPS) is 9.00. The Morgan fingerprint density at radius 2 is 2.00 bits per heavy atom. The third-order valence-corrected chi connectivity index (χ3v) is 1.34. The second-order valence-electron chi connectivity index (χ2n) is 2.38. The Morgan fingerprint density at radius 1 is 1.38 bits per heavy atom. The van der Waals surface area contributed by atoms with E-state index in [0.717, 1.165) is 0 Å². The van der Waals surface area contributed by atoms with Crippen LogP contribution in [0, 0.1) is 0 Å². The minimum Gasteiger partial charge on any atom is -0.427 e.